The molecule has 1 amide bonds. The summed E-state index contributed by atoms with van der Waals surface area (Å²) in [7, 11) is 1.61. The summed E-state index contributed by atoms with van der Waals surface area (Å²) in [5.41, 5.74) is 1.85. The number of hydrogen-bond donors (Lipinski definition) is 1. The van der Waals surface area contributed by atoms with Gasteiger partial charge in [-0.3, -0.25) is 9.69 Å². The third kappa shape index (κ3) is 5.46. The molecular formula is C23H25FN4O3. The van der Waals surface area contributed by atoms with Crippen LogP contribution < -0.4 is 10.1 Å². The molecule has 1 fully saturated rings. The van der Waals surface area contributed by atoms with Gasteiger partial charge in [-0.2, -0.15) is 4.98 Å². The van der Waals surface area contributed by atoms with Gasteiger partial charge >= 0.3 is 0 Å². The SMILES string of the molecule is COc1ccc(-c2noc(CNC(=O)[C@@H]3CCCN(Cc4ccc(F)cc4)C3)n2)cc1. The van der Waals surface area contributed by atoms with Gasteiger partial charge in [0, 0.05) is 18.7 Å². The molecule has 1 aliphatic heterocycles. The Bertz CT molecular complexity index is 1000. The maximum absolute atomic E-state index is 13.1. The molecule has 4 rings (SSSR count). The van der Waals surface area contributed by atoms with Crippen LogP contribution in [0.4, 0.5) is 4.39 Å². The number of likely N-dealkylation sites (tertiary alicyclic amines) is 1. The molecule has 0 aliphatic carbocycles. The first kappa shape index (κ1) is 21.0. The molecule has 0 unspecified atom stereocenters. The van der Waals surface area contributed by atoms with Crippen molar-refractivity contribution in [2.24, 2.45) is 5.92 Å². The van der Waals surface area contributed by atoms with Crippen LogP contribution in [0.3, 0.4) is 0 Å². The molecule has 0 saturated carbocycles. The second-order valence-corrected chi connectivity index (χ2v) is 7.66. The van der Waals surface area contributed by atoms with Gasteiger partial charge in [-0.15, -0.1) is 0 Å². The highest BCUT2D eigenvalue weighted by molar-refractivity contribution is 5.78. The molecule has 1 aliphatic rings. The Morgan fingerprint density at radius 2 is 2.00 bits per heavy atom. The average Bonchev–Trinajstić information content (AvgIpc) is 3.28. The van der Waals surface area contributed by atoms with Gasteiger partial charge in [0.2, 0.25) is 17.6 Å². The summed E-state index contributed by atoms with van der Waals surface area (Å²) in [5, 5.41) is 6.90. The van der Waals surface area contributed by atoms with Crippen molar-refractivity contribution in [2.45, 2.75) is 25.9 Å². The van der Waals surface area contributed by atoms with Gasteiger partial charge in [-0.25, -0.2) is 4.39 Å². The highest BCUT2D eigenvalue weighted by Crippen LogP contribution is 2.21. The average molecular weight is 424 g/mol. The minimum absolute atomic E-state index is 0.0204. The molecule has 1 saturated heterocycles. The van der Waals surface area contributed by atoms with Gasteiger partial charge in [-0.1, -0.05) is 17.3 Å². The fourth-order valence-corrected chi connectivity index (χ4v) is 3.75. The molecule has 0 spiro atoms. The van der Waals surface area contributed by atoms with Gasteiger partial charge in [0.25, 0.3) is 0 Å². The number of piperidine rings is 1. The molecule has 8 heteroatoms. The van der Waals surface area contributed by atoms with Crippen LogP contribution in [0.15, 0.2) is 53.1 Å². The van der Waals surface area contributed by atoms with Crippen molar-refractivity contribution in [1.29, 1.82) is 0 Å². The second kappa shape index (κ2) is 9.70. The summed E-state index contributed by atoms with van der Waals surface area (Å²) in [6.45, 7) is 2.50. The zero-order valence-electron chi connectivity index (χ0n) is 17.4. The summed E-state index contributed by atoms with van der Waals surface area (Å²) < 4.78 is 23.5. The number of methoxy groups -OCH3 is 1. The first-order chi connectivity index (χ1) is 15.1. The van der Waals surface area contributed by atoms with Crippen LogP contribution in [0, 0.1) is 11.7 Å². The molecule has 2 heterocycles. The number of carbonyl (C=O) groups is 1. The lowest BCUT2D eigenvalue weighted by molar-refractivity contribution is -0.127. The number of rotatable bonds is 7. The van der Waals surface area contributed by atoms with E-state index in [9.17, 15) is 9.18 Å². The highest BCUT2D eigenvalue weighted by atomic mass is 19.1. The first-order valence-electron chi connectivity index (χ1n) is 10.3. The van der Waals surface area contributed by atoms with E-state index in [4.69, 9.17) is 9.26 Å². The Kier molecular flexibility index (Phi) is 6.57. The number of carbonyl (C=O) groups excluding carboxylic acids is 1. The lowest BCUT2D eigenvalue weighted by Crippen LogP contribution is -2.42. The number of nitrogens with one attached hydrogen (secondary N) is 1. The van der Waals surface area contributed by atoms with Crippen molar-refractivity contribution in [3.05, 3.63) is 65.8 Å². The van der Waals surface area contributed by atoms with Gasteiger partial charge in [-0.05, 0) is 61.3 Å². The number of nitrogens with zero attached hydrogens (tertiary/aromatic N) is 3. The molecule has 0 bridgehead atoms. The predicted octanol–water partition coefficient (Wildman–Crippen LogP) is 3.41. The summed E-state index contributed by atoms with van der Waals surface area (Å²) in [4.78, 5) is 19.3. The highest BCUT2D eigenvalue weighted by Gasteiger charge is 2.26. The van der Waals surface area contributed by atoms with Crippen molar-refractivity contribution >= 4 is 5.91 Å². The van der Waals surface area contributed by atoms with Crippen molar-refractivity contribution in [3.8, 4) is 17.1 Å². The lowest BCUT2D eigenvalue weighted by Gasteiger charge is -2.31. The first-order valence-corrected chi connectivity index (χ1v) is 10.3. The Morgan fingerprint density at radius 1 is 1.23 bits per heavy atom. The Balaban J connectivity index is 1.29. The van der Waals surface area contributed by atoms with Gasteiger partial charge in [0.1, 0.15) is 11.6 Å². The van der Waals surface area contributed by atoms with Crippen LogP contribution in [0.2, 0.25) is 0 Å². The lowest BCUT2D eigenvalue weighted by atomic mass is 9.96. The number of ether oxygens (including phenoxy) is 1. The monoisotopic (exact) mass is 424 g/mol. The molecule has 31 heavy (non-hydrogen) atoms. The van der Waals surface area contributed by atoms with Gasteiger partial charge in [0.15, 0.2) is 0 Å². The number of aromatic nitrogens is 2. The summed E-state index contributed by atoms with van der Waals surface area (Å²) in [6, 6.07) is 13.9. The van der Waals surface area contributed by atoms with Gasteiger partial charge < -0.3 is 14.6 Å². The molecular weight excluding hydrogens is 399 g/mol. The van der Waals surface area contributed by atoms with Gasteiger partial charge in [0.05, 0.1) is 19.6 Å². The Labute approximate surface area is 180 Å². The number of amides is 1. The molecule has 3 aromatic rings. The molecule has 7 nitrogen and oxygen atoms in total. The van der Waals surface area contributed by atoms with Crippen molar-refractivity contribution in [2.75, 3.05) is 20.2 Å². The normalized spacial score (nSPS) is 16.8. The number of halogens is 1. The summed E-state index contributed by atoms with van der Waals surface area (Å²) in [5.74, 6) is 1.22. The fraction of sp³-hybridized carbons (Fsp3) is 0.348. The van der Waals surface area contributed by atoms with Crippen molar-refractivity contribution < 1.29 is 18.4 Å². The minimum Gasteiger partial charge on any atom is -0.497 e. The van der Waals surface area contributed by atoms with E-state index in [1.165, 1.54) is 12.1 Å². The third-order valence-corrected chi connectivity index (χ3v) is 5.43. The zero-order valence-corrected chi connectivity index (χ0v) is 17.4. The third-order valence-electron chi connectivity index (χ3n) is 5.43. The van der Waals surface area contributed by atoms with Crippen LogP contribution >= 0.6 is 0 Å². The van der Waals surface area contributed by atoms with Crippen molar-refractivity contribution in [1.82, 2.24) is 20.4 Å². The standard InChI is InChI=1S/C23H25FN4O3/c1-30-20-10-6-17(7-11-20)22-26-21(31-27-22)13-25-23(29)18-3-2-12-28(15-18)14-16-4-8-19(24)9-5-16/h4-11,18H,2-3,12-15H2,1H3,(H,25,29)/t18-/m1/s1. The maximum atomic E-state index is 13.1. The van der Waals surface area contributed by atoms with Crippen molar-refractivity contribution in [3.63, 3.8) is 0 Å². The quantitative estimate of drug-likeness (QED) is 0.626. The summed E-state index contributed by atoms with van der Waals surface area (Å²) in [6.07, 6.45) is 1.79. The van der Waals surface area contributed by atoms with E-state index in [0.717, 1.165) is 36.3 Å². The van der Waals surface area contributed by atoms with E-state index in [2.05, 4.69) is 20.4 Å². The molecule has 162 valence electrons. The van der Waals surface area contributed by atoms with E-state index in [1.54, 1.807) is 19.2 Å². The Hall–Kier alpha value is -3.26. The maximum Gasteiger partial charge on any atom is 0.246 e. The minimum atomic E-state index is -0.240. The van der Waals surface area contributed by atoms with Crippen LogP contribution in [-0.2, 0) is 17.9 Å². The molecule has 2 aromatic carbocycles. The van der Waals surface area contributed by atoms with Crippen LogP contribution in [0.5, 0.6) is 5.75 Å². The zero-order chi connectivity index (χ0) is 21.6. The predicted molar refractivity (Wildman–Crippen MR) is 113 cm³/mol. The molecule has 0 radical (unpaired) electrons. The van der Waals surface area contributed by atoms with E-state index in [-0.39, 0.29) is 24.2 Å². The van der Waals surface area contributed by atoms with E-state index >= 15 is 0 Å². The smallest absolute Gasteiger partial charge is 0.246 e. The van der Waals surface area contributed by atoms with Crippen LogP contribution in [0.1, 0.15) is 24.3 Å². The number of benzene rings is 2. The van der Waals surface area contributed by atoms with Crippen LogP contribution in [0.25, 0.3) is 11.4 Å². The molecule has 1 aromatic heterocycles. The largest absolute Gasteiger partial charge is 0.497 e. The molecule has 1 atom stereocenters. The fourth-order valence-electron chi connectivity index (χ4n) is 3.75. The van der Waals surface area contributed by atoms with Crippen LogP contribution in [-0.4, -0.2) is 41.1 Å². The summed E-state index contributed by atoms with van der Waals surface area (Å²) >= 11 is 0. The topological polar surface area (TPSA) is 80.5 Å². The second-order valence-electron chi connectivity index (χ2n) is 7.66. The number of hydrogen-bond acceptors (Lipinski definition) is 6. The Morgan fingerprint density at radius 3 is 2.74 bits per heavy atom. The van der Waals surface area contributed by atoms with E-state index in [0.29, 0.717) is 24.8 Å². The van der Waals surface area contributed by atoms with E-state index < -0.39 is 0 Å². The molecule has 1 N–H and O–H groups in total. The van der Waals surface area contributed by atoms with E-state index in [1.807, 2.05) is 24.3 Å².